The first-order valence-corrected chi connectivity index (χ1v) is 5.67. The molecule has 3 nitrogen and oxygen atoms in total. The average Bonchev–Trinajstić information content (AvgIpc) is 2.41. The summed E-state index contributed by atoms with van der Waals surface area (Å²) < 4.78 is 1.93. The molecule has 1 heterocycles. The van der Waals surface area contributed by atoms with Crippen LogP contribution in [0.25, 0.3) is 0 Å². The minimum Gasteiger partial charge on any atom is -0.307 e. The maximum atomic E-state index is 5.30. The van der Waals surface area contributed by atoms with Crippen LogP contribution < -0.4 is 5.32 Å². The summed E-state index contributed by atoms with van der Waals surface area (Å²) in [4.78, 5) is 0. The van der Waals surface area contributed by atoms with E-state index in [1.54, 1.807) is 0 Å². The largest absolute Gasteiger partial charge is 0.307 e. The predicted octanol–water partition coefficient (Wildman–Crippen LogP) is 2.10. The number of rotatable bonds is 4. The molecule has 0 saturated heterocycles. The molecule has 2 unspecified atom stereocenters. The molecule has 1 aromatic heterocycles. The second kappa shape index (κ2) is 5.18. The summed E-state index contributed by atoms with van der Waals surface area (Å²) in [5.41, 5.74) is 3.59. The van der Waals surface area contributed by atoms with Gasteiger partial charge in [-0.15, -0.1) is 12.3 Å². The first kappa shape index (κ1) is 12.8. The Kier molecular flexibility index (Phi) is 4.14. The van der Waals surface area contributed by atoms with Crippen molar-refractivity contribution < 1.29 is 0 Å². The summed E-state index contributed by atoms with van der Waals surface area (Å²) in [5, 5.41) is 7.92. The van der Waals surface area contributed by atoms with Crippen LogP contribution in [0.4, 0.5) is 0 Å². The zero-order chi connectivity index (χ0) is 12.3. The van der Waals surface area contributed by atoms with Crippen molar-refractivity contribution in [2.45, 2.75) is 46.2 Å². The fourth-order valence-corrected chi connectivity index (χ4v) is 2.16. The highest BCUT2D eigenvalue weighted by atomic mass is 15.3. The lowest BCUT2D eigenvalue weighted by Gasteiger charge is -2.19. The Morgan fingerprint density at radius 3 is 2.50 bits per heavy atom. The fourth-order valence-electron chi connectivity index (χ4n) is 2.16. The molecule has 0 fully saturated rings. The average molecular weight is 219 g/mol. The molecule has 1 N–H and O–H groups in total. The Labute approximate surface area is 98.2 Å². The zero-order valence-corrected chi connectivity index (χ0v) is 10.8. The highest BCUT2D eigenvalue weighted by Gasteiger charge is 2.17. The molecule has 2 atom stereocenters. The van der Waals surface area contributed by atoms with Gasteiger partial charge in [0.2, 0.25) is 0 Å². The van der Waals surface area contributed by atoms with Crippen molar-refractivity contribution in [2.24, 2.45) is 7.05 Å². The van der Waals surface area contributed by atoms with Gasteiger partial charge in [-0.3, -0.25) is 4.68 Å². The molecule has 16 heavy (non-hydrogen) atoms. The van der Waals surface area contributed by atoms with Crippen LogP contribution in [-0.2, 0) is 7.05 Å². The van der Waals surface area contributed by atoms with E-state index < -0.39 is 0 Å². The van der Waals surface area contributed by atoms with Crippen molar-refractivity contribution in [3.63, 3.8) is 0 Å². The number of aromatic nitrogens is 2. The lowest BCUT2D eigenvalue weighted by Crippen LogP contribution is -2.29. The van der Waals surface area contributed by atoms with Crippen LogP contribution >= 0.6 is 0 Å². The van der Waals surface area contributed by atoms with Gasteiger partial charge < -0.3 is 5.32 Å². The molecule has 0 saturated carbocycles. The van der Waals surface area contributed by atoms with Gasteiger partial charge in [-0.25, -0.2) is 0 Å². The van der Waals surface area contributed by atoms with E-state index in [-0.39, 0.29) is 6.04 Å². The molecule has 0 amide bonds. The Morgan fingerprint density at radius 2 is 2.06 bits per heavy atom. The minimum atomic E-state index is 0.289. The Bertz CT molecular complexity index is 398. The fraction of sp³-hybridized carbons (Fsp3) is 0.615. The molecular formula is C13H21N3. The highest BCUT2D eigenvalue weighted by Crippen LogP contribution is 2.21. The van der Waals surface area contributed by atoms with Crippen LogP contribution in [0.3, 0.4) is 0 Å². The van der Waals surface area contributed by atoms with Crippen molar-refractivity contribution >= 4 is 0 Å². The van der Waals surface area contributed by atoms with Crippen LogP contribution in [-0.4, -0.2) is 15.8 Å². The predicted molar refractivity (Wildman–Crippen MR) is 67.1 cm³/mol. The van der Waals surface area contributed by atoms with Gasteiger partial charge in [0.25, 0.3) is 0 Å². The van der Waals surface area contributed by atoms with Crippen molar-refractivity contribution in [2.75, 3.05) is 0 Å². The van der Waals surface area contributed by atoms with E-state index in [0.29, 0.717) is 6.04 Å². The third-order valence-corrected chi connectivity index (χ3v) is 2.96. The van der Waals surface area contributed by atoms with E-state index in [0.717, 1.165) is 12.1 Å². The second-order valence-corrected chi connectivity index (χ2v) is 4.41. The number of hydrogen-bond donors (Lipinski definition) is 1. The molecule has 0 aliphatic heterocycles. The lowest BCUT2D eigenvalue weighted by atomic mass is 10.1. The molecule has 0 radical (unpaired) electrons. The minimum absolute atomic E-state index is 0.289. The maximum Gasteiger partial charge on any atom is 0.0644 e. The highest BCUT2D eigenvalue weighted by molar-refractivity contribution is 5.27. The van der Waals surface area contributed by atoms with E-state index in [1.807, 2.05) is 18.7 Å². The van der Waals surface area contributed by atoms with Crippen molar-refractivity contribution in [1.82, 2.24) is 15.1 Å². The molecule has 3 heteroatoms. The smallest absolute Gasteiger partial charge is 0.0644 e. The topological polar surface area (TPSA) is 29.9 Å². The van der Waals surface area contributed by atoms with Crippen LogP contribution in [0.1, 0.15) is 43.3 Å². The van der Waals surface area contributed by atoms with Crippen molar-refractivity contribution in [3.8, 4) is 12.3 Å². The maximum absolute atomic E-state index is 5.30. The summed E-state index contributed by atoms with van der Waals surface area (Å²) in [7, 11) is 1.98. The molecular weight excluding hydrogens is 198 g/mol. The standard InChI is InChI=1S/C13H21N3/c1-7-8-9(2)14-10(3)13-11(4)15-16(6)12(13)5/h1,9-10,14H,8H2,2-6H3. The summed E-state index contributed by atoms with van der Waals surface area (Å²) in [6, 6.07) is 0.621. The molecule has 0 aromatic carbocycles. The molecule has 1 rings (SSSR count). The van der Waals surface area contributed by atoms with Gasteiger partial charge in [0.15, 0.2) is 0 Å². The van der Waals surface area contributed by atoms with Gasteiger partial charge in [-0.2, -0.15) is 5.10 Å². The quantitative estimate of drug-likeness (QED) is 0.786. The molecule has 0 aliphatic rings. The van der Waals surface area contributed by atoms with E-state index >= 15 is 0 Å². The van der Waals surface area contributed by atoms with Gasteiger partial charge >= 0.3 is 0 Å². The molecule has 0 bridgehead atoms. The Hall–Kier alpha value is -1.27. The van der Waals surface area contributed by atoms with Crippen LogP contribution in [0.5, 0.6) is 0 Å². The van der Waals surface area contributed by atoms with Gasteiger partial charge in [0.1, 0.15) is 0 Å². The van der Waals surface area contributed by atoms with E-state index in [1.165, 1.54) is 11.3 Å². The number of terminal acetylenes is 1. The van der Waals surface area contributed by atoms with Gasteiger partial charge in [-0.05, 0) is 27.7 Å². The monoisotopic (exact) mass is 219 g/mol. The number of hydrogen-bond acceptors (Lipinski definition) is 2. The summed E-state index contributed by atoms with van der Waals surface area (Å²) in [6.07, 6.45) is 6.05. The number of aryl methyl sites for hydroxylation is 2. The van der Waals surface area contributed by atoms with Gasteiger partial charge in [0.05, 0.1) is 5.69 Å². The SMILES string of the molecule is C#CCC(C)NC(C)c1c(C)nn(C)c1C. The van der Waals surface area contributed by atoms with E-state index in [2.05, 4.69) is 37.1 Å². The summed E-state index contributed by atoms with van der Waals surface area (Å²) in [5.74, 6) is 2.68. The van der Waals surface area contributed by atoms with Crippen LogP contribution in [0, 0.1) is 26.2 Å². The second-order valence-electron chi connectivity index (χ2n) is 4.41. The normalized spacial score (nSPS) is 14.5. The van der Waals surface area contributed by atoms with Gasteiger partial charge in [-0.1, -0.05) is 0 Å². The summed E-state index contributed by atoms with van der Waals surface area (Å²) in [6.45, 7) is 8.41. The van der Waals surface area contributed by atoms with E-state index in [9.17, 15) is 0 Å². The first-order chi connectivity index (χ1) is 7.47. The lowest BCUT2D eigenvalue weighted by molar-refractivity contribution is 0.483. The molecule has 1 aromatic rings. The molecule has 0 aliphatic carbocycles. The third-order valence-electron chi connectivity index (χ3n) is 2.96. The van der Waals surface area contributed by atoms with Crippen LogP contribution in [0.15, 0.2) is 0 Å². The van der Waals surface area contributed by atoms with Gasteiger partial charge in [0, 0.05) is 36.8 Å². The molecule has 0 spiro atoms. The van der Waals surface area contributed by atoms with Crippen LogP contribution in [0.2, 0.25) is 0 Å². The van der Waals surface area contributed by atoms with Crippen molar-refractivity contribution in [1.29, 1.82) is 0 Å². The Morgan fingerprint density at radius 1 is 1.44 bits per heavy atom. The van der Waals surface area contributed by atoms with Crippen molar-refractivity contribution in [3.05, 3.63) is 17.0 Å². The third kappa shape index (κ3) is 2.65. The number of nitrogens with zero attached hydrogens (tertiary/aromatic N) is 2. The molecule has 88 valence electrons. The zero-order valence-electron chi connectivity index (χ0n) is 10.8. The first-order valence-electron chi connectivity index (χ1n) is 5.67. The number of nitrogens with one attached hydrogen (secondary N) is 1. The Balaban J connectivity index is 2.81. The van der Waals surface area contributed by atoms with E-state index in [4.69, 9.17) is 6.42 Å². The summed E-state index contributed by atoms with van der Waals surface area (Å²) >= 11 is 0.